The fraction of sp³-hybridized carbons (Fsp3) is 0.846. The van der Waals surface area contributed by atoms with Crippen molar-refractivity contribution >= 4 is 24.2 Å². The Hall–Kier alpha value is -0.810. The van der Waals surface area contributed by atoms with E-state index in [9.17, 15) is 9.59 Å². The molecule has 0 aromatic rings. The van der Waals surface area contributed by atoms with Crippen molar-refractivity contribution in [1.29, 1.82) is 0 Å². The molecule has 1 heterocycles. The Labute approximate surface area is 120 Å². The Morgan fingerprint density at radius 1 is 1.47 bits per heavy atom. The summed E-state index contributed by atoms with van der Waals surface area (Å²) in [7, 11) is 0. The van der Waals surface area contributed by atoms with Gasteiger partial charge in [-0.15, -0.1) is 12.4 Å². The van der Waals surface area contributed by atoms with E-state index in [2.05, 4.69) is 5.32 Å². The molecule has 19 heavy (non-hydrogen) atoms. The minimum Gasteiger partial charge on any atom is -0.352 e. The van der Waals surface area contributed by atoms with E-state index in [1.54, 1.807) is 18.7 Å². The lowest BCUT2D eigenvalue weighted by Crippen LogP contribution is -2.63. The lowest BCUT2D eigenvalue weighted by atomic mass is 9.94. The average Bonchev–Trinajstić information content (AvgIpc) is 2.68. The Balaban J connectivity index is 0.00000180. The summed E-state index contributed by atoms with van der Waals surface area (Å²) in [6.07, 6.45) is 3.65. The number of nitrogens with one attached hydrogen (secondary N) is 1. The molecule has 1 saturated heterocycles. The number of carbonyl (C=O) groups is 2. The van der Waals surface area contributed by atoms with Crippen molar-refractivity contribution in [2.45, 2.75) is 51.1 Å². The van der Waals surface area contributed by atoms with E-state index in [1.807, 2.05) is 0 Å². The molecule has 2 rings (SSSR count). The van der Waals surface area contributed by atoms with Gasteiger partial charge in [-0.25, -0.2) is 0 Å². The minimum atomic E-state index is -0.738. The van der Waals surface area contributed by atoms with E-state index in [0.717, 1.165) is 19.3 Å². The molecule has 2 aliphatic rings. The summed E-state index contributed by atoms with van der Waals surface area (Å²) < 4.78 is 0. The van der Waals surface area contributed by atoms with Gasteiger partial charge in [0.05, 0.1) is 0 Å². The number of piperazine rings is 1. The first-order valence-corrected chi connectivity index (χ1v) is 6.77. The van der Waals surface area contributed by atoms with Crippen LogP contribution in [-0.2, 0) is 9.59 Å². The largest absolute Gasteiger partial charge is 0.352 e. The molecule has 0 radical (unpaired) electrons. The molecular weight excluding hydrogens is 266 g/mol. The molecule has 3 N–H and O–H groups in total. The maximum Gasteiger partial charge on any atom is 0.245 e. The van der Waals surface area contributed by atoms with Crippen LogP contribution in [0.15, 0.2) is 0 Å². The lowest BCUT2D eigenvalue weighted by molar-refractivity contribution is -0.149. The van der Waals surface area contributed by atoms with Gasteiger partial charge in [-0.2, -0.15) is 0 Å². The van der Waals surface area contributed by atoms with E-state index >= 15 is 0 Å². The van der Waals surface area contributed by atoms with Gasteiger partial charge in [-0.3, -0.25) is 9.59 Å². The van der Waals surface area contributed by atoms with Crippen LogP contribution in [0.4, 0.5) is 0 Å². The SMILES string of the molecule is CC1(C)C(=O)NCCN1C(=O)C[C@@H]1CCC[C@H]1N.Cl. The van der Waals surface area contributed by atoms with Gasteiger partial charge in [0.1, 0.15) is 5.54 Å². The molecule has 0 aromatic carbocycles. The summed E-state index contributed by atoms with van der Waals surface area (Å²) in [6.45, 7) is 4.74. The van der Waals surface area contributed by atoms with Gasteiger partial charge in [0.15, 0.2) is 0 Å². The molecule has 6 heteroatoms. The van der Waals surface area contributed by atoms with Gasteiger partial charge in [0.25, 0.3) is 0 Å². The highest BCUT2D eigenvalue weighted by Crippen LogP contribution is 2.29. The van der Waals surface area contributed by atoms with Crippen LogP contribution in [-0.4, -0.2) is 41.4 Å². The third-order valence-electron chi connectivity index (χ3n) is 4.31. The first-order chi connectivity index (χ1) is 8.43. The highest BCUT2D eigenvalue weighted by atomic mass is 35.5. The number of hydrogen-bond acceptors (Lipinski definition) is 3. The van der Waals surface area contributed by atoms with Crippen molar-refractivity contribution in [3.8, 4) is 0 Å². The van der Waals surface area contributed by atoms with Gasteiger partial charge in [-0.05, 0) is 32.6 Å². The maximum atomic E-state index is 12.4. The molecule has 110 valence electrons. The summed E-state index contributed by atoms with van der Waals surface area (Å²) in [6, 6.07) is 0.149. The Kier molecular flexibility index (Phi) is 5.21. The number of rotatable bonds is 2. The zero-order valence-corrected chi connectivity index (χ0v) is 12.5. The van der Waals surface area contributed by atoms with Crippen LogP contribution >= 0.6 is 12.4 Å². The molecule has 1 aliphatic carbocycles. The summed E-state index contributed by atoms with van der Waals surface area (Å²) in [5, 5.41) is 2.80. The van der Waals surface area contributed by atoms with Crippen LogP contribution in [0.25, 0.3) is 0 Å². The van der Waals surface area contributed by atoms with Crippen molar-refractivity contribution in [2.24, 2.45) is 11.7 Å². The van der Waals surface area contributed by atoms with Crippen molar-refractivity contribution < 1.29 is 9.59 Å². The van der Waals surface area contributed by atoms with Crippen LogP contribution in [0.5, 0.6) is 0 Å². The third kappa shape index (κ3) is 3.20. The molecule has 1 aliphatic heterocycles. The number of nitrogens with zero attached hydrogens (tertiary/aromatic N) is 1. The number of nitrogens with two attached hydrogens (primary N) is 1. The monoisotopic (exact) mass is 289 g/mol. The summed E-state index contributed by atoms with van der Waals surface area (Å²) in [4.78, 5) is 25.9. The second-order valence-electron chi connectivity index (χ2n) is 5.92. The number of amides is 2. The zero-order valence-electron chi connectivity index (χ0n) is 11.6. The molecule has 1 saturated carbocycles. The highest BCUT2D eigenvalue weighted by Gasteiger charge is 2.41. The Bertz CT molecular complexity index is 360. The number of halogens is 1. The summed E-state index contributed by atoms with van der Waals surface area (Å²) in [5.74, 6) is 0.285. The van der Waals surface area contributed by atoms with E-state index < -0.39 is 5.54 Å². The van der Waals surface area contributed by atoms with Crippen LogP contribution in [0.3, 0.4) is 0 Å². The van der Waals surface area contributed by atoms with Gasteiger partial charge in [0.2, 0.25) is 11.8 Å². The Morgan fingerprint density at radius 2 is 2.16 bits per heavy atom. The molecule has 0 unspecified atom stereocenters. The van der Waals surface area contributed by atoms with Crippen molar-refractivity contribution in [2.75, 3.05) is 13.1 Å². The second-order valence-corrected chi connectivity index (χ2v) is 5.92. The van der Waals surface area contributed by atoms with Gasteiger partial charge in [-0.1, -0.05) is 6.42 Å². The summed E-state index contributed by atoms with van der Waals surface area (Å²) >= 11 is 0. The first kappa shape index (κ1) is 16.2. The molecular formula is C13H24ClN3O2. The van der Waals surface area contributed by atoms with Crippen LogP contribution < -0.4 is 11.1 Å². The molecule has 0 aromatic heterocycles. The maximum absolute atomic E-state index is 12.4. The predicted octanol–water partition coefficient (Wildman–Crippen LogP) is 0.663. The smallest absolute Gasteiger partial charge is 0.245 e. The van der Waals surface area contributed by atoms with E-state index in [-0.39, 0.29) is 30.3 Å². The van der Waals surface area contributed by atoms with E-state index in [1.165, 1.54) is 0 Å². The first-order valence-electron chi connectivity index (χ1n) is 6.77. The van der Waals surface area contributed by atoms with Crippen molar-refractivity contribution in [3.63, 3.8) is 0 Å². The molecule has 0 spiro atoms. The molecule has 2 atom stereocenters. The fourth-order valence-corrected chi connectivity index (χ4v) is 2.99. The standard InChI is InChI=1S/C13H23N3O2.ClH/c1-13(2)12(18)15-6-7-16(13)11(17)8-9-4-3-5-10(9)14;/h9-10H,3-8,14H2,1-2H3,(H,15,18);1H/t9-,10+;/m0./s1. The third-order valence-corrected chi connectivity index (χ3v) is 4.31. The zero-order chi connectivity index (χ0) is 13.3. The number of carbonyl (C=O) groups excluding carboxylic acids is 2. The normalized spacial score (nSPS) is 29.6. The van der Waals surface area contributed by atoms with Crippen LogP contribution in [0.1, 0.15) is 39.5 Å². The molecule has 2 amide bonds. The topological polar surface area (TPSA) is 75.4 Å². The fourth-order valence-electron chi connectivity index (χ4n) is 2.99. The Morgan fingerprint density at radius 3 is 2.74 bits per heavy atom. The van der Waals surface area contributed by atoms with Gasteiger partial charge >= 0.3 is 0 Å². The minimum absolute atomic E-state index is 0. The second kappa shape index (κ2) is 6.09. The van der Waals surface area contributed by atoms with Crippen LogP contribution in [0, 0.1) is 5.92 Å². The summed E-state index contributed by atoms with van der Waals surface area (Å²) in [5.41, 5.74) is 5.26. The highest BCUT2D eigenvalue weighted by molar-refractivity contribution is 5.91. The van der Waals surface area contributed by atoms with Crippen LogP contribution in [0.2, 0.25) is 0 Å². The number of hydrogen-bond donors (Lipinski definition) is 2. The average molecular weight is 290 g/mol. The van der Waals surface area contributed by atoms with Gasteiger partial charge in [0, 0.05) is 25.6 Å². The van der Waals surface area contributed by atoms with Gasteiger partial charge < -0.3 is 16.0 Å². The quantitative estimate of drug-likeness (QED) is 0.784. The lowest BCUT2D eigenvalue weighted by Gasteiger charge is -2.41. The van der Waals surface area contributed by atoms with E-state index in [0.29, 0.717) is 25.4 Å². The van der Waals surface area contributed by atoms with Crippen molar-refractivity contribution in [3.05, 3.63) is 0 Å². The van der Waals surface area contributed by atoms with Crippen molar-refractivity contribution in [1.82, 2.24) is 10.2 Å². The molecule has 0 bridgehead atoms. The molecule has 2 fully saturated rings. The molecule has 5 nitrogen and oxygen atoms in total. The predicted molar refractivity (Wildman–Crippen MR) is 76.0 cm³/mol. The van der Waals surface area contributed by atoms with E-state index in [4.69, 9.17) is 5.73 Å².